The van der Waals surface area contributed by atoms with Gasteiger partial charge in [-0.1, -0.05) is 27.7 Å². The first-order chi connectivity index (χ1) is 7.27. The van der Waals surface area contributed by atoms with E-state index in [1.54, 1.807) is 6.20 Å². The highest BCUT2D eigenvalue weighted by Gasteiger charge is 1.96. The van der Waals surface area contributed by atoms with E-state index in [0.29, 0.717) is 5.82 Å². The van der Waals surface area contributed by atoms with Crippen LogP contribution in [-0.4, -0.2) is 9.55 Å². The SMILES string of the molecule is CC.CC.Cn1ccc2cnc(N)cc21. The number of hydrogen-bond acceptors (Lipinski definition) is 2. The Labute approximate surface area is 91.9 Å². The van der Waals surface area contributed by atoms with E-state index in [0.717, 1.165) is 10.9 Å². The summed E-state index contributed by atoms with van der Waals surface area (Å²) in [6.07, 6.45) is 3.77. The van der Waals surface area contributed by atoms with Crippen molar-refractivity contribution in [3.05, 3.63) is 24.5 Å². The second-order valence-electron chi connectivity index (χ2n) is 2.59. The van der Waals surface area contributed by atoms with Crippen LogP contribution in [0.2, 0.25) is 0 Å². The number of aryl methyl sites for hydroxylation is 1. The molecule has 0 saturated heterocycles. The third-order valence-corrected chi connectivity index (χ3v) is 1.79. The minimum atomic E-state index is 0.569. The number of fused-ring (bicyclic) bond motifs is 1. The lowest BCUT2D eigenvalue weighted by atomic mass is 10.3. The molecule has 3 nitrogen and oxygen atoms in total. The van der Waals surface area contributed by atoms with E-state index in [1.807, 2.05) is 57.6 Å². The summed E-state index contributed by atoms with van der Waals surface area (Å²) in [5, 5.41) is 1.13. The zero-order chi connectivity index (χ0) is 11.8. The highest BCUT2D eigenvalue weighted by Crippen LogP contribution is 2.14. The van der Waals surface area contributed by atoms with Gasteiger partial charge in [-0.3, -0.25) is 0 Å². The van der Waals surface area contributed by atoms with Crippen molar-refractivity contribution in [2.24, 2.45) is 7.05 Å². The van der Waals surface area contributed by atoms with Gasteiger partial charge in [-0.05, 0) is 6.07 Å². The maximum Gasteiger partial charge on any atom is 0.125 e. The Hall–Kier alpha value is -1.51. The van der Waals surface area contributed by atoms with Gasteiger partial charge in [-0.15, -0.1) is 0 Å². The van der Waals surface area contributed by atoms with Crippen molar-refractivity contribution in [1.29, 1.82) is 0 Å². The predicted molar refractivity (Wildman–Crippen MR) is 67.8 cm³/mol. The Morgan fingerprint density at radius 1 is 1.20 bits per heavy atom. The Kier molecular flexibility index (Phi) is 6.18. The van der Waals surface area contributed by atoms with E-state index < -0.39 is 0 Å². The summed E-state index contributed by atoms with van der Waals surface area (Å²) in [7, 11) is 1.99. The van der Waals surface area contributed by atoms with Crippen molar-refractivity contribution in [3.8, 4) is 0 Å². The molecule has 0 unspecified atom stereocenters. The number of anilines is 1. The second-order valence-corrected chi connectivity index (χ2v) is 2.59. The van der Waals surface area contributed by atoms with Gasteiger partial charge in [0.2, 0.25) is 0 Å². The highest BCUT2D eigenvalue weighted by molar-refractivity contribution is 5.81. The summed E-state index contributed by atoms with van der Waals surface area (Å²) in [6, 6.07) is 3.89. The lowest BCUT2D eigenvalue weighted by Gasteiger charge is -1.95. The van der Waals surface area contributed by atoms with Gasteiger partial charge in [0, 0.05) is 30.9 Å². The molecular weight excluding hydrogens is 186 g/mol. The molecule has 0 aromatic carbocycles. The van der Waals surface area contributed by atoms with Gasteiger partial charge in [0.05, 0.1) is 5.52 Å². The summed E-state index contributed by atoms with van der Waals surface area (Å²) in [5.74, 6) is 0.569. The number of rotatable bonds is 0. The minimum Gasteiger partial charge on any atom is -0.384 e. The molecule has 0 radical (unpaired) electrons. The molecule has 0 aliphatic carbocycles. The number of hydrogen-bond donors (Lipinski definition) is 1. The van der Waals surface area contributed by atoms with Crippen LogP contribution in [0.5, 0.6) is 0 Å². The monoisotopic (exact) mass is 207 g/mol. The van der Waals surface area contributed by atoms with Crippen molar-refractivity contribution in [2.75, 3.05) is 5.73 Å². The van der Waals surface area contributed by atoms with Gasteiger partial charge in [0.15, 0.2) is 0 Å². The van der Waals surface area contributed by atoms with Crippen LogP contribution in [-0.2, 0) is 7.05 Å². The van der Waals surface area contributed by atoms with E-state index in [9.17, 15) is 0 Å². The second kappa shape index (κ2) is 6.87. The van der Waals surface area contributed by atoms with Crippen LogP contribution >= 0.6 is 0 Å². The number of pyridine rings is 1. The largest absolute Gasteiger partial charge is 0.384 e. The fourth-order valence-electron chi connectivity index (χ4n) is 1.18. The van der Waals surface area contributed by atoms with E-state index in [-0.39, 0.29) is 0 Å². The average Bonchev–Trinajstić information content (AvgIpc) is 2.66. The number of aromatic nitrogens is 2. The molecule has 0 aliphatic heterocycles. The Balaban J connectivity index is 0.000000442. The van der Waals surface area contributed by atoms with Gasteiger partial charge in [-0.2, -0.15) is 0 Å². The fraction of sp³-hybridized carbons (Fsp3) is 0.417. The van der Waals surface area contributed by atoms with Crippen molar-refractivity contribution in [3.63, 3.8) is 0 Å². The van der Waals surface area contributed by atoms with Crippen LogP contribution in [0, 0.1) is 0 Å². The molecule has 15 heavy (non-hydrogen) atoms. The van der Waals surface area contributed by atoms with Gasteiger partial charge in [0.25, 0.3) is 0 Å². The molecule has 0 amide bonds. The predicted octanol–water partition coefficient (Wildman–Crippen LogP) is 3.21. The lowest BCUT2D eigenvalue weighted by molar-refractivity contribution is 0.968. The van der Waals surface area contributed by atoms with Gasteiger partial charge in [0.1, 0.15) is 5.82 Å². The summed E-state index contributed by atoms with van der Waals surface area (Å²) >= 11 is 0. The fourth-order valence-corrected chi connectivity index (χ4v) is 1.18. The molecule has 0 fully saturated rings. The molecular formula is C12H21N3. The van der Waals surface area contributed by atoms with E-state index in [4.69, 9.17) is 5.73 Å². The van der Waals surface area contributed by atoms with Crippen molar-refractivity contribution in [2.45, 2.75) is 27.7 Å². The quantitative estimate of drug-likeness (QED) is 0.721. The first-order valence-electron chi connectivity index (χ1n) is 5.44. The van der Waals surface area contributed by atoms with Crippen LogP contribution in [0.1, 0.15) is 27.7 Å². The molecule has 2 rings (SSSR count). The van der Waals surface area contributed by atoms with Crippen molar-refractivity contribution < 1.29 is 0 Å². The molecule has 0 aliphatic rings. The maximum absolute atomic E-state index is 5.53. The number of nitrogen functional groups attached to an aromatic ring is 1. The Morgan fingerprint density at radius 2 is 1.80 bits per heavy atom. The van der Waals surface area contributed by atoms with Crippen LogP contribution in [0.25, 0.3) is 10.9 Å². The zero-order valence-electron chi connectivity index (χ0n) is 10.3. The van der Waals surface area contributed by atoms with Crippen molar-refractivity contribution >= 4 is 16.7 Å². The van der Waals surface area contributed by atoms with Crippen molar-refractivity contribution in [1.82, 2.24) is 9.55 Å². The summed E-state index contributed by atoms with van der Waals surface area (Å²) < 4.78 is 2.02. The summed E-state index contributed by atoms with van der Waals surface area (Å²) in [4.78, 5) is 3.99. The Bertz CT molecular complexity index is 391. The molecule has 0 saturated carbocycles. The standard InChI is InChI=1S/C8H9N3.2C2H6/c1-11-3-2-6-5-10-8(9)4-7(6)11;2*1-2/h2-5H,1H3,(H2,9,10);2*1-2H3. The third kappa shape index (κ3) is 3.27. The summed E-state index contributed by atoms with van der Waals surface area (Å²) in [6.45, 7) is 8.00. The van der Waals surface area contributed by atoms with E-state index in [2.05, 4.69) is 4.98 Å². The molecule has 2 aromatic heterocycles. The molecule has 0 atom stereocenters. The minimum absolute atomic E-state index is 0.569. The topological polar surface area (TPSA) is 43.8 Å². The van der Waals surface area contributed by atoms with Gasteiger partial charge in [-0.25, -0.2) is 4.98 Å². The maximum atomic E-state index is 5.53. The zero-order valence-corrected chi connectivity index (χ0v) is 10.3. The number of nitrogens with two attached hydrogens (primary N) is 1. The normalized spacial score (nSPS) is 8.60. The lowest BCUT2D eigenvalue weighted by Crippen LogP contribution is -1.90. The smallest absolute Gasteiger partial charge is 0.125 e. The first-order valence-corrected chi connectivity index (χ1v) is 5.44. The van der Waals surface area contributed by atoms with E-state index in [1.165, 1.54) is 0 Å². The molecule has 0 spiro atoms. The van der Waals surface area contributed by atoms with E-state index >= 15 is 0 Å². The average molecular weight is 207 g/mol. The van der Waals surface area contributed by atoms with Crippen LogP contribution in [0.15, 0.2) is 24.5 Å². The number of nitrogens with zero attached hydrogens (tertiary/aromatic N) is 2. The molecule has 2 N–H and O–H groups in total. The Morgan fingerprint density at radius 3 is 2.40 bits per heavy atom. The van der Waals surface area contributed by atoms with Crippen LogP contribution in [0.4, 0.5) is 5.82 Å². The third-order valence-electron chi connectivity index (χ3n) is 1.79. The first kappa shape index (κ1) is 13.5. The molecule has 2 heterocycles. The van der Waals surface area contributed by atoms with Gasteiger partial charge >= 0.3 is 0 Å². The molecule has 3 heteroatoms. The van der Waals surface area contributed by atoms with Crippen LogP contribution < -0.4 is 5.73 Å². The summed E-state index contributed by atoms with van der Waals surface area (Å²) in [5.41, 5.74) is 6.65. The van der Waals surface area contributed by atoms with Crippen LogP contribution in [0.3, 0.4) is 0 Å². The molecule has 2 aromatic rings. The molecule has 0 bridgehead atoms. The van der Waals surface area contributed by atoms with Gasteiger partial charge < -0.3 is 10.3 Å². The molecule has 84 valence electrons. The highest BCUT2D eigenvalue weighted by atomic mass is 14.9.